The summed E-state index contributed by atoms with van der Waals surface area (Å²) in [5.41, 5.74) is 1.14. The third kappa shape index (κ3) is 5.48. The van der Waals surface area contributed by atoms with Crippen molar-refractivity contribution in [2.45, 2.75) is 39.5 Å². The van der Waals surface area contributed by atoms with Crippen LogP contribution in [0, 0.1) is 5.92 Å². The third-order valence-corrected chi connectivity index (χ3v) is 4.87. The van der Waals surface area contributed by atoms with Gasteiger partial charge in [-0.2, -0.15) is 0 Å². The Hall–Kier alpha value is -2.04. The number of amides is 2. The number of methoxy groups -OCH3 is 1. The zero-order valence-electron chi connectivity index (χ0n) is 15.7. The van der Waals surface area contributed by atoms with Gasteiger partial charge in [-0.05, 0) is 30.5 Å². The van der Waals surface area contributed by atoms with Crippen molar-refractivity contribution in [1.82, 2.24) is 9.80 Å². The molecule has 1 atom stereocenters. The van der Waals surface area contributed by atoms with Crippen molar-refractivity contribution in [1.29, 1.82) is 0 Å². The summed E-state index contributed by atoms with van der Waals surface area (Å²) < 4.78 is 5.14. The molecule has 1 aliphatic heterocycles. The van der Waals surface area contributed by atoms with Gasteiger partial charge in [-0.1, -0.05) is 32.4 Å². The summed E-state index contributed by atoms with van der Waals surface area (Å²) in [7, 11) is 1.64. The van der Waals surface area contributed by atoms with Crippen LogP contribution in [0.3, 0.4) is 0 Å². The average molecular weight is 346 g/mol. The minimum absolute atomic E-state index is 0.0855. The van der Waals surface area contributed by atoms with Crippen molar-refractivity contribution in [2.75, 3.05) is 33.3 Å². The first-order chi connectivity index (χ1) is 12.0. The van der Waals surface area contributed by atoms with Gasteiger partial charge < -0.3 is 14.5 Å². The van der Waals surface area contributed by atoms with Gasteiger partial charge in [0.15, 0.2) is 0 Å². The first-order valence-corrected chi connectivity index (χ1v) is 9.24. The van der Waals surface area contributed by atoms with Crippen LogP contribution in [0.5, 0.6) is 5.75 Å². The molecule has 1 aromatic carbocycles. The van der Waals surface area contributed by atoms with Gasteiger partial charge in [0.25, 0.3) is 0 Å². The Labute approximate surface area is 150 Å². The summed E-state index contributed by atoms with van der Waals surface area (Å²) in [6.07, 6.45) is 3.19. The first kappa shape index (κ1) is 19.3. The maximum Gasteiger partial charge on any atom is 0.225 e. The smallest absolute Gasteiger partial charge is 0.225 e. The highest BCUT2D eigenvalue weighted by atomic mass is 16.5. The van der Waals surface area contributed by atoms with E-state index in [4.69, 9.17) is 4.74 Å². The number of benzene rings is 1. The average Bonchev–Trinajstić information content (AvgIpc) is 2.66. The highest BCUT2D eigenvalue weighted by Crippen LogP contribution is 2.15. The predicted octanol–water partition coefficient (Wildman–Crippen LogP) is 2.73. The maximum atomic E-state index is 12.4. The molecule has 1 fully saturated rings. The quantitative estimate of drug-likeness (QED) is 0.763. The van der Waals surface area contributed by atoms with Crippen LogP contribution in [-0.4, -0.2) is 54.9 Å². The Morgan fingerprint density at radius 1 is 1.08 bits per heavy atom. The predicted molar refractivity (Wildman–Crippen MR) is 98.5 cm³/mol. The molecule has 1 aromatic rings. The molecule has 138 valence electrons. The number of carbonyl (C=O) groups is 2. The second-order valence-corrected chi connectivity index (χ2v) is 6.74. The molecule has 2 amide bonds. The van der Waals surface area contributed by atoms with Crippen molar-refractivity contribution < 1.29 is 14.3 Å². The van der Waals surface area contributed by atoms with Crippen molar-refractivity contribution in [3.63, 3.8) is 0 Å². The molecule has 0 bridgehead atoms. The Balaban J connectivity index is 1.76. The fraction of sp³-hybridized carbons (Fsp3) is 0.600. The summed E-state index contributed by atoms with van der Waals surface area (Å²) >= 11 is 0. The summed E-state index contributed by atoms with van der Waals surface area (Å²) in [5.74, 6) is 1.31. The lowest BCUT2D eigenvalue weighted by atomic mass is 10.0. The number of nitrogens with zero attached hydrogens (tertiary/aromatic N) is 2. The van der Waals surface area contributed by atoms with Crippen LogP contribution < -0.4 is 4.74 Å². The van der Waals surface area contributed by atoms with Crippen LogP contribution >= 0.6 is 0 Å². The summed E-state index contributed by atoms with van der Waals surface area (Å²) in [4.78, 5) is 28.5. The van der Waals surface area contributed by atoms with Crippen molar-refractivity contribution in [3.05, 3.63) is 29.8 Å². The number of carbonyl (C=O) groups excluding carboxylic acids is 2. The Kier molecular flexibility index (Phi) is 7.29. The summed E-state index contributed by atoms with van der Waals surface area (Å²) in [6, 6.07) is 7.83. The van der Waals surface area contributed by atoms with E-state index in [1.807, 2.05) is 41.0 Å². The van der Waals surface area contributed by atoms with Crippen LogP contribution in [0.2, 0.25) is 0 Å². The molecule has 1 aliphatic rings. The van der Waals surface area contributed by atoms with Gasteiger partial charge in [-0.15, -0.1) is 0 Å². The highest BCUT2D eigenvalue weighted by molar-refractivity contribution is 5.80. The first-order valence-electron chi connectivity index (χ1n) is 9.24. The molecule has 5 heteroatoms. The minimum atomic E-state index is 0.0855. The number of piperazine rings is 1. The molecular formula is C20H30N2O3. The molecule has 0 aromatic heterocycles. The topological polar surface area (TPSA) is 49.9 Å². The second-order valence-electron chi connectivity index (χ2n) is 6.74. The van der Waals surface area contributed by atoms with E-state index >= 15 is 0 Å². The van der Waals surface area contributed by atoms with Gasteiger partial charge in [0.1, 0.15) is 5.75 Å². The zero-order chi connectivity index (χ0) is 18.2. The molecule has 1 heterocycles. The van der Waals surface area contributed by atoms with Crippen LogP contribution in [0.1, 0.15) is 38.7 Å². The number of rotatable bonds is 7. The number of hydrogen-bond donors (Lipinski definition) is 0. The summed E-state index contributed by atoms with van der Waals surface area (Å²) in [6.45, 7) is 6.70. The number of aryl methyl sites for hydroxylation is 1. The normalized spacial score (nSPS) is 15.8. The lowest BCUT2D eigenvalue weighted by molar-refractivity contribution is -0.141. The molecule has 2 rings (SSSR count). The molecular weight excluding hydrogens is 316 g/mol. The van der Waals surface area contributed by atoms with Gasteiger partial charge in [0, 0.05) is 38.5 Å². The lowest BCUT2D eigenvalue weighted by Gasteiger charge is -2.36. The molecule has 0 radical (unpaired) electrons. The maximum absolute atomic E-state index is 12.4. The largest absolute Gasteiger partial charge is 0.497 e. The molecule has 0 N–H and O–H groups in total. The van der Waals surface area contributed by atoms with Crippen LogP contribution in [0.15, 0.2) is 24.3 Å². The Morgan fingerprint density at radius 2 is 1.68 bits per heavy atom. The Bertz CT molecular complexity index is 563. The van der Waals surface area contributed by atoms with Gasteiger partial charge in [-0.3, -0.25) is 9.59 Å². The lowest BCUT2D eigenvalue weighted by Crippen LogP contribution is -2.51. The third-order valence-electron chi connectivity index (χ3n) is 4.87. The van der Waals surface area contributed by atoms with E-state index in [1.165, 1.54) is 0 Å². The fourth-order valence-electron chi connectivity index (χ4n) is 3.25. The van der Waals surface area contributed by atoms with Crippen LogP contribution in [0.4, 0.5) is 0 Å². The van der Waals surface area contributed by atoms with Crippen molar-refractivity contribution >= 4 is 11.8 Å². The monoisotopic (exact) mass is 346 g/mol. The molecule has 0 aliphatic carbocycles. The molecule has 0 unspecified atom stereocenters. The molecule has 0 saturated carbocycles. The van der Waals surface area contributed by atoms with Gasteiger partial charge in [-0.25, -0.2) is 0 Å². The minimum Gasteiger partial charge on any atom is -0.497 e. The van der Waals surface area contributed by atoms with Crippen LogP contribution in [-0.2, 0) is 16.0 Å². The van der Waals surface area contributed by atoms with E-state index in [1.54, 1.807) is 7.11 Å². The molecule has 0 spiro atoms. The van der Waals surface area contributed by atoms with E-state index in [2.05, 4.69) is 6.92 Å². The second kappa shape index (κ2) is 9.44. The van der Waals surface area contributed by atoms with Crippen molar-refractivity contribution in [3.8, 4) is 5.75 Å². The number of hydrogen-bond acceptors (Lipinski definition) is 3. The molecule has 25 heavy (non-hydrogen) atoms. The summed E-state index contributed by atoms with van der Waals surface area (Å²) in [5, 5.41) is 0. The van der Waals surface area contributed by atoms with Crippen LogP contribution in [0.25, 0.3) is 0 Å². The number of ether oxygens (including phenoxy) is 1. The van der Waals surface area contributed by atoms with E-state index < -0.39 is 0 Å². The van der Waals surface area contributed by atoms with Gasteiger partial charge in [0.2, 0.25) is 11.8 Å². The molecule has 1 saturated heterocycles. The fourth-order valence-corrected chi connectivity index (χ4v) is 3.25. The Morgan fingerprint density at radius 3 is 2.24 bits per heavy atom. The van der Waals surface area contributed by atoms with E-state index in [0.29, 0.717) is 32.6 Å². The van der Waals surface area contributed by atoms with E-state index in [0.717, 1.165) is 30.6 Å². The zero-order valence-corrected chi connectivity index (χ0v) is 15.7. The highest BCUT2D eigenvalue weighted by Gasteiger charge is 2.26. The van der Waals surface area contributed by atoms with Crippen molar-refractivity contribution in [2.24, 2.45) is 5.92 Å². The standard InChI is InChI=1S/C20H30N2O3/c1-4-5-16(2)20(24)22-14-12-21(13-15-22)19(23)11-8-17-6-9-18(25-3)10-7-17/h6-7,9-10,16H,4-5,8,11-15H2,1-3H3/t16-/m1/s1. The van der Waals surface area contributed by atoms with E-state index in [9.17, 15) is 9.59 Å². The van der Waals surface area contributed by atoms with Gasteiger partial charge in [0.05, 0.1) is 7.11 Å². The van der Waals surface area contributed by atoms with Gasteiger partial charge >= 0.3 is 0 Å². The SMILES string of the molecule is CCC[C@@H](C)C(=O)N1CCN(C(=O)CCc2ccc(OC)cc2)CC1. The van der Waals surface area contributed by atoms with E-state index in [-0.39, 0.29) is 17.7 Å². The molecule has 5 nitrogen and oxygen atoms in total.